The van der Waals surface area contributed by atoms with Gasteiger partial charge >= 0.3 is 5.97 Å². The van der Waals surface area contributed by atoms with Crippen LogP contribution < -0.4 is 9.47 Å². The van der Waals surface area contributed by atoms with Crippen molar-refractivity contribution in [3.05, 3.63) is 59.2 Å². The zero-order valence-corrected chi connectivity index (χ0v) is 11.3. The molecule has 0 amide bonds. The fourth-order valence-corrected chi connectivity index (χ4v) is 2.42. The van der Waals surface area contributed by atoms with E-state index in [1.807, 2.05) is 30.3 Å². The first-order valence-electron chi connectivity index (χ1n) is 6.26. The molecule has 1 aliphatic heterocycles. The van der Waals surface area contributed by atoms with Gasteiger partial charge in [0.25, 0.3) is 0 Å². The molecule has 0 bridgehead atoms. The predicted molar refractivity (Wildman–Crippen MR) is 73.2 cm³/mol. The van der Waals surface area contributed by atoms with Gasteiger partial charge in [0.05, 0.1) is 25.3 Å². The normalized spacial score (nSPS) is 16.5. The number of benzene rings is 2. The Bertz CT molecular complexity index is 649. The quantitative estimate of drug-likeness (QED) is 0.804. The number of carbonyl (C=O) groups excluding carboxylic acids is 1. The number of methoxy groups -OCH3 is 2. The predicted octanol–water partition coefficient (Wildman–Crippen LogP) is 2.96. The number of ether oxygens (including phenoxy) is 3. The van der Waals surface area contributed by atoms with Gasteiger partial charge in [0, 0.05) is 6.07 Å². The molecule has 2 aromatic carbocycles. The molecule has 4 nitrogen and oxygen atoms in total. The van der Waals surface area contributed by atoms with Crippen LogP contribution >= 0.6 is 0 Å². The van der Waals surface area contributed by atoms with Crippen LogP contribution in [0, 0.1) is 0 Å². The van der Waals surface area contributed by atoms with Crippen molar-refractivity contribution in [1.29, 1.82) is 0 Å². The van der Waals surface area contributed by atoms with Gasteiger partial charge in [0.15, 0.2) is 6.10 Å². The van der Waals surface area contributed by atoms with Crippen LogP contribution in [0.25, 0.3) is 0 Å². The van der Waals surface area contributed by atoms with E-state index in [9.17, 15) is 4.79 Å². The standard InChI is InChI=1S/C16H14O4/c1-18-11-8-12-14(13(9-11)19-2)15(20-16(12)17)10-6-4-3-5-7-10/h3-9,15H,1-2H3/t15-/m0/s1. The summed E-state index contributed by atoms with van der Waals surface area (Å²) in [5.74, 6) is 0.816. The Hall–Kier alpha value is -2.49. The van der Waals surface area contributed by atoms with Crippen molar-refractivity contribution >= 4 is 5.97 Å². The van der Waals surface area contributed by atoms with E-state index in [4.69, 9.17) is 14.2 Å². The molecule has 102 valence electrons. The van der Waals surface area contributed by atoms with Gasteiger partial charge in [-0.2, -0.15) is 0 Å². The van der Waals surface area contributed by atoms with E-state index in [-0.39, 0.29) is 5.97 Å². The van der Waals surface area contributed by atoms with E-state index in [0.717, 1.165) is 11.1 Å². The first kappa shape index (κ1) is 12.5. The SMILES string of the molecule is COc1cc(OC)c2c(c1)C(=O)O[C@H]2c1ccccc1. The third kappa shape index (κ3) is 1.90. The van der Waals surface area contributed by atoms with E-state index < -0.39 is 6.10 Å². The van der Waals surface area contributed by atoms with Gasteiger partial charge in [-0.25, -0.2) is 4.79 Å². The van der Waals surface area contributed by atoms with Crippen molar-refractivity contribution < 1.29 is 19.0 Å². The van der Waals surface area contributed by atoms with E-state index >= 15 is 0 Å². The van der Waals surface area contributed by atoms with Gasteiger partial charge in [-0.3, -0.25) is 0 Å². The number of hydrogen-bond donors (Lipinski definition) is 0. The molecule has 0 N–H and O–H groups in total. The van der Waals surface area contributed by atoms with Gasteiger partial charge in [0.1, 0.15) is 11.5 Å². The average Bonchev–Trinajstić information content (AvgIpc) is 2.84. The smallest absolute Gasteiger partial charge is 0.339 e. The van der Waals surface area contributed by atoms with Crippen molar-refractivity contribution in [2.24, 2.45) is 0 Å². The minimum absolute atomic E-state index is 0.356. The number of cyclic esters (lactones) is 1. The molecule has 3 rings (SSSR count). The van der Waals surface area contributed by atoms with Crippen LogP contribution in [0.4, 0.5) is 0 Å². The maximum atomic E-state index is 12.1. The lowest BCUT2D eigenvalue weighted by molar-refractivity contribution is 0.0454. The van der Waals surface area contributed by atoms with Crippen LogP contribution in [0.1, 0.15) is 27.6 Å². The lowest BCUT2D eigenvalue weighted by Crippen LogP contribution is -2.01. The molecule has 0 fully saturated rings. The molecule has 0 aromatic heterocycles. The van der Waals surface area contributed by atoms with Crippen molar-refractivity contribution in [1.82, 2.24) is 0 Å². The van der Waals surface area contributed by atoms with E-state index in [2.05, 4.69) is 0 Å². The Morgan fingerprint density at radius 1 is 1.05 bits per heavy atom. The molecule has 0 unspecified atom stereocenters. The highest BCUT2D eigenvalue weighted by molar-refractivity contribution is 5.96. The zero-order valence-electron chi connectivity index (χ0n) is 11.3. The average molecular weight is 270 g/mol. The molecular formula is C16H14O4. The van der Waals surface area contributed by atoms with E-state index in [0.29, 0.717) is 17.1 Å². The summed E-state index contributed by atoms with van der Waals surface area (Å²) in [4.78, 5) is 12.1. The number of carbonyl (C=O) groups is 1. The maximum Gasteiger partial charge on any atom is 0.339 e. The Labute approximate surface area is 116 Å². The third-order valence-corrected chi connectivity index (χ3v) is 3.38. The van der Waals surface area contributed by atoms with Gasteiger partial charge in [0.2, 0.25) is 0 Å². The second-order valence-corrected chi connectivity index (χ2v) is 4.49. The second-order valence-electron chi connectivity index (χ2n) is 4.49. The minimum Gasteiger partial charge on any atom is -0.497 e. The monoisotopic (exact) mass is 270 g/mol. The first-order valence-corrected chi connectivity index (χ1v) is 6.26. The molecule has 20 heavy (non-hydrogen) atoms. The van der Waals surface area contributed by atoms with Crippen molar-refractivity contribution in [3.8, 4) is 11.5 Å². The highest BCUT2D eigenvalue weighted by atomic mass is 16.6. The molecule has 2 aromatic rings. The van der Waals surface area contributed by atoms with Gasteiger partial charge in [-0.1, -0.05) is 30.3 Å². The Morgan fingerprint density at radius 3 is 2.45 bits per heavy atom. The summed E-state index contributed by atoms with van der Waals surface area (Å²) in [6.45, 7) is 0. The summed E-state index contributed by atoms with van der Waals surface area (Å²) in [6, 6.07) is 13.0. The molecule has 1 heterocycles. The van der Waals surface area contributed by atoms with E-state index in [1.165, 1.54) is 0 Å². The number of esters is 1. The highest BCUT2D eigenvalue weighted by Gasteiger charge is 2.36. The van der Waals surface area contributed by atoms with Crippen LogP contribution in [0.15, 0.2) is 42.5 Å². The summed E-state index contributed by atoms with van der Waals surface area (Å²) in [7, 11) is 3.12. The first-order chi connectivity index (χ1) is 9.74. The number of rotatable bonds is 3. The summed E-state index contributed by atoms with van der Waals surface area (Å²) in [5, 5.41) is 0. The topological polar surface area (TPSA) is 44.8 Å². The Balaban J connectivity index is 2.17. The van der Waals surface area contributed by atoms with Crippen molar-refractivity contribution in [3.63, 3.8) is 0 Å². The summed E-state index contributed by atoms with van der Waals surface area (Å²) >= 11 is 0. The lowest BCUT2D eigenvalue weighted by Gasteiger charge is -2.14. The Kier molecular flexibility index (Phi) is 3.06. The summed E-state index contributed by atoms with van der Waals surface area (Å²) < 4.78 is 16.1. The number of fused-ring (bicyclic) bond motifs is 1. The van der Waals surface area contributed by atoms with Crippen molar-refractivity contribution in [2.75, 3.05) is 14.2 Å². The van der Waals surface area contributed by atoms with Crippen LogP contribution in [-0.4, -0.2) is 20.2 Å². The van der Waals surface area contributed by atoms with Crippen LogP contribution in [0.3, 0.4) is 0 Å². The molecule has 4 heteroatoms. The van der Waals surface area contributed by atoms with Gasteiger partial charge < -0.3 is 14.2 Å². The molecule has 0 saturated carbocycles. The molecule has 1 atom stereocenters. The van der Waals surface area contributed by atoms with Gasteiger partial charge in [-0.15, -0.1) is 0 Å². The molecule has 0 spiro atoms. The number of hydrogen-bond acceptors (Lipinski definition) is 4. The third-order valence-electron chi connectivity index (χ3n) is 3.38. The van der Waals surface area contributed by atoms with Crippen LogP contribution in [0.5, 0.6) is 11.5 Å². The van der Waals surface area contributed by atoms with E-state index in [1.54, 1.807) is 26.4 Å². The Morgan fingerprint density at radius 2 is 1.80 bits per heavy atom. The fraction of sp³-hybridized carbons (Fsp3) is 0.188. The highest BCUT2D eigenvalue weighted by Crippen LogP contribution is 2.43. The van der Waals surface area contributed by atoms with Crippen molar-refractivity contribution in [2.45, 2.75) is 6.10 Å². The van der Waals surface area contributed by atoms with Crippen LogP contribution in [0.2, 0.25) is 0 Å². The van der Waals surface area contributed by atoms with Crippen LogP contribution in [-0.2, 0) is 4.74 Å². The molecule has 0 saturated heterocycles. The molecule has 0 aliphatic carbocycles. The molecular weight excluding hydrogens is 256 g/mol. The fourth-order valence-electron chi connectivity index (χ4n) is 2.42. The minimum atomic E-state index is -0.431. The largest absolute Gasteiger partial charge is 0.497 e. The zero-order chi connectivity index (χ0) is 14.1. The summed E-state index contributed by atoms with van der Waals surface area (Å²) in [6.07, 6.45) is -0.431. The molecule has 1 aliphatic rings. The summed E-state index contributed by atoms with van der Waals surface area (Å²) in [5.41, 5.74) is 2.17. The maximum absolute atomic E-state index is 12.1. The molecule has 0 radical (unpaired) electrons. The van der Waals surface area contributed by atoms with Gasteiger partial charge in [-0.05, 0) is 11.6 Å². The lowest BCUT2D eigenvalue weighted by atomic mass is 9.98. The second kappa shape index (κ2) is 4.89.